The third-order valence-electron chi connectivity index (χ3n) is 4.56. The summed E-state index contributed by atoms with van der Waals surface area (Å²) in [6.45, 7) is 5.89. The Bertz CT molecular complexity index is 576. The topological polar surface area (TPSA) is 40.6 Å². The molecule has 1 aromatic rings. The van der Waals surface area contributed by atoms with Gasteiger partial charge in [-0.25, -0.2) is 0 Å². The lowest BCUT2D eigenvalue weighted by Gasteiger charge is -2.27. The van der Waals surface area contributed by atoms with Crippen molar-refractivity contribution in [1.29, 1.82) is 0 Å². The molecule has 1 aliphatic heterocycles. The molecule has 1 aromatic carbocycles. The van der Waals surface area contributed by atoms with Crippen molar-refractivity contribution >= 4 is 17.5 Å². The Morgan fingerprint density at radius 3 is 2.48 bits per heavy atom. The highest BCUT2D eigenvalue weighted by atomic mass is 16.2. The van der Waals surface area contributed by atoms with E-state index < -0.39 is 0 Å². The van der Waals surface area contributed by atoms with Crippen LogP contribution in [0.25, 0.3) is 0 Å². The van der Waals surface area contributed by atoms with Gasteiger partial charge in [-0.15, -0.1) is 0 Å². The molecule has 0 aromatic heterocycles. The van der Waals surface area contributed by atoms with Crippen molar-refractivity contribution in [2.75, 3.05) is 18.0 Å². The second kappa shape index (κ2) is 6.73. The van der Waals surface area contributed by atoms with Gasteiger partial charge in [0.2, 0.25) is 5.91 Å². The summed E-state index contributed by atoms with van der Waals surface area (Å²) in [4.78, 5) is 28.6. The zero-order chi connectivity index (χ0) is 16.4. The van der Waals surface area contributed by atoms with Crippen LogP contribution in [-0.2, 0) is 4.79 Å². The molecule has 0 atom stereocenters. The Kier molecular flexibility index (Phi) is 4.69. The first-order chi connectivity index (χ1) is 11.1. The summed E-state index contributed by atoms with van der Waals surface area (Å²) in [5.41, 5.74) is 1.64. The minimum absolute atomic E-state index is 0.123. The zero-order valence-corrected chi connectivity index (χ0v) is 14.1. The van der Waals surface area contributed by atoms with Crippen molar-refractivity contribution < 1.29 is 9.59 Å². The van der Waals surface area contributed by atoms with Crippen LogP contribution in [0.15, 0.2) is 24.3 Å². The molecule has 1 saturated carbocycles. The van der Waals surface area contributed by atoms with Crippen LogP contribution in [0.3, 0.4) is 0 Å². The van der Waals surface area contributed by atoms with Gasteiger partial charge < -0.3 is 9.80 Å². The second-order valence-corrected chi connectivity index (χ2v) is 7.13. The van der Waals surface area contributed by atoms with E-state index in [0.717, 1.165) is 50.0 Å². The summed E-state index contributed by atoms with van der Waals surface area (Å²) >= 11 is 0. The molecule has 1 aliphatic carbocycles. The Balaban J connectivity index is 1.73. The molecule has 3 rings (SSSR count). The average Bonchev–Trinajstić information content (AvgIpc) is 3.37. The maximum atomic E-state index is 12.8. The lowest BCUT2D eigenvalue weighted by atomic mass is 10.1. The largest absolute Gasteiger partial charge is 0.335 e. The van der Waals surface area contributed by atoms with E-state index in [9.17, 15) is 9.59 Å². The number of carbonyl (C=O) groups is 2. The fraction of sp³-hybridized carbons (Fsp3) is 0.579. The summed E-state index contributed by atoms with van der Waals surface area (Å²) in [7, 11) is 0. The Labute approximate surface area is 138 Å². The summed E-state index contributed by atoms with van der Waals surface area (Å²) in [6, 6.07) is 7.99. The number of piperidine rings is 1. The van der Waals surface area contributed by atoms with Crippen molar-refractivity contribution in [1.82, 2.24) is 4.90 Å². The van der Waals surface area contributed by atoms with E-state index in [-0.39, 0.29) is 11.8 Å². The fourth-order valence-corrected chi connectivity index (χ4v) is 3.21. The summed E-state index contributed by atoms with van der Waals surface area (Å²) in [6.07, 6.45) is 4.91. The number of amides is 2. The van der Waals surface area contributed by atoms with Gasteiger partial charge >= 0.3 is 0 Å². The van der Waals surface area contributed by atoms with E-state index >= 15 is 0 Å². The quantitative estimate of drug-likeness (QED) is 0.835. The van der Waals surface area contributed by atoms with Gasteiger partial charge in [-0.1, -0.05) is 13.8 Å². The molecule has 23 heavy (non-hydrogen) atoms. The molecule has 4 nitrogen and oxygen atoms in total. The number of rotatable bonds is 5. The Morgan fingerprint density at radius 1 is 1.22 bits per heavy atom. The molecular formula is C19H26N2O2. The van der Waals surface area contributed by atoms with Crippen molar-refractivity contribution in [3.63, 3.8) is 0 Å². The first-order valence-corrected chi connectivity index (χ1v) is 8.77. The summed E-state index contributed by atoms with van der Waals surface area (Å²) in [5.74, 6) is 0.789. The van der Waals surface area contributed by atoms with E-state index in [1.807, 2.05) is 34.1 Å². The van der Waals surface area contributed by atoms with E-state index in [1.165, 1.54) is 0 Å². The van der Waals surface area contributed by atoms with Crippen molar-refractivity contribution in [2.24, 2.45) is 5.92 Å². The average molecular weight is 314 g/mol. The molecule has 0 spiro atoms. The zero-order valence-electron chi connectivity index (χ0n) is 14.1. The highest BCUT2D eigenvalue weighted by Gasteiger charge is 2.33. The maximum Gasteiger partial charge on any atom is 0.254 e. The molecule has 2 amide bonds. The first kappa shape index (κ1) is 16.0. The Hall–Kier alpha value is -1.84. The number of benzene rings is 1. The van der Waals surface area contributed by atoms with Crippen LogP contribution in [0.4, 0.5) is 5.69 Å². The molecule has 1 saturated heterocycles. The smallest absolute Gasteiger partial charge is 0.254 e. The van der Waals surface area contributed by atoms with Crippen LogP contribution in [-0.4, -0.2) is 35.8 Å². The molecule has 124 valence electrons. The van der Waals surface area contributed by atoms with Crippen LogP contribution >= 0.6 is 0 Å². The molecule has 0 radical (unpaired) electrons. The van der Waals surface area contributed by atoms with Crippen LogP contribution in [0, 0.1) is 5.92 Å². The van der Waals surface area contributed by atoms with Crippen LogP contribution in [0.2, 0.25) is 0 Å². The molecule has 0 bridgehead atoms. The van der Waals surface area contributed by atoms with Gasteiger partial charge in [0, 0.05) is 36.8 Å². The highest BCUT2D eigenvalue weighted by molar-refractivity contribution is 5.97. The third kappa shape index (κ3) is 3.74. The normalized spacial score (nSPS) is 18.4. The third-order valence-corrected chi connectivity index (χ3v) is 4.56. The number of hydrogen-bond acceptors (Lipinski definition) is 2. The predicted molar refractivity (Wildman–Crippen MR) is 91.5 cm³/mol. The summed E-state index contributed by atoms with van der Waals surface area (Å²) in [5, 5.41) is 0. The van der Waals surface area contributed by atoms with Crippen LogP contribution in [0.5, 0.6) is 0 Å². The van der Waals surface area contributed by atoms with Gasteiger partial charge in [0.05, 0.1) is 0 Å². The van der Waals surface area contributed by atoms with E-state index in [4.69, 9.17) is 0 Å². The van der Waals surface area contributed by atoms with Gasteiger partial charge in [0.1, 0.15) is 0 Å². The minimum Gasteiger partial charge on any atom is -0.335 e. The maximum absolute atomic E-state index is 12.8. The lowest BCUT2D eigenvalue weighted by Crippen LogP contribution is -2.36. The minimum atomic E-state index is 0.123. The summed E-state index contributed by atoms with van der Waals surface area (Å²) < 4.78 is 0. The molecule has 2 fully saturated rings. The second-order valence-electron chi connectivity index (χ2n) is 7.13. The van der Waals surface area contributed by atoms with Crippen molar-refractivity contribution in [2.45, 2.75) is 52.0 Å². The van der Waals surface area contributed by atoms with Crippen molar-refractivity contribution in [3.05, 3.63) is 29.8 Å². The number of anilines is 1. The number of nitrogens with zero attached hydrogens (tertiary/aromatic N) is 2. The van der Waals surface area contributed by atoms with Crippen LogP contribution in [0.1, 0.15) is 56.3 Å². The first-order valence-electron chi connectivity index (χ1n) is 8.77. The number of carbonyl (C=O) groups excluding carboxylic acids is 2. The van der Waals surface area contributed by atoms with Gasteiger partial charge in [-0.3, -0.25) is 9.59 Å². The SMILES string of the molecule is CC(C)CN(C(=O)c1ccc(N2CCCCC2=O)cc1)C1CC1. The van der Waals surface area contributed by atoms with E-state index in [0.29, 0.717) is 18.4 Å². The van der Waals surface area contributed by atoms with Gasteiger partial charge in [0.15, 0.2) is 0 Å². The predicted octanol–water partition coefficient (Wildman–Crippen LogP) is 3.46. The van der Waals surface area contributed by atoms with Gasteiger partial charge in [-0.2, -0.15) is 0 Å². The molecular weight excluding hydrogens is 288 g/mol. The molecule has 0 unspecified atom stereocenters. The molecule has 2 aliphatic rings. The Morgan fingerprint density at radius 2 is 1.91 bits per heavy atom. The van der Waals surface area contributed by atoms with Crippen molar-refractivity contribution in [3.8, 4) is 0 Å². The highest BCUT2D eigenvalue weighted by Crippen LogP contribution is 2.29. The van der Waals surface area contributed by atoms with Gasteiger partial charge in [-0.05, 0) is 55.9 Å². The fourth-order valence-electron chi connectivity index (χ4n) is 3.21. The lowest BCUT2D eigenvalue weighted by molar-refractivity contribution is -0.119. The van der Waals surface area contributed by atoms with E-state index in [2.05, 4.69) is 13.8 Å². The molecule has 0 N–H and O–H groups in total. The van der Waals surface area contributed by atoms with Crippen LogP contribution < -0.4 is 4.90 Å². The number of hydrogen-bond donors (Lipinski definition) is 0. The van der Waals surface area contributed by atoms with Gasteiger partial charge in [0.25, 0.3) is 5.91 Å². The molecule has 4 heteroatoms. The monoisotopic (exact) mass is 314 g/mol. The standard InChI is InChI=1S/C19H26N2O2/c1-14(2)13-21(17-10-11-17)19(23)15-6-8-16(9-7-15)20-12-4-3-5-18(20)22/h6-9,14,17H,3-5,10-13H2,1-2H3. The van der Waals surface area contributed by atoms with E-state index in [1.54, 1.807) is 0 Å². The molecule has 1 heterocycles.